The molecule has 1 aliphatic rings. The number of hydrogen-bond donors (Lipinski definition) is 1. The number of aromatic nitrogens is 2. The summed E-state index contributed by atoms with van der Waals surface area (Å²) < 4.78 is 0. The predicted molar refractivity (Wildman–Crippen MR) is 81.6 cm³/mol. The van der Waals surface area contributed by atoms with Crippen molar-refractivity contribution in [3.63, 3.8) is 0 Å². The van der Waals surface area contributed by atoms with E-state index in [0.717, 1.165) is 30.9 Å². The molecule has 1 aliphatic carbocycles. The molecular formula is C16H20N4. The molecule has 2 aromatic rings. The van der Waals surface area contributed by atoms with Crippen LogP contribution in [0.1, 0.15) is 29.7 Å². The maximum atomic E-state index is 5.84. The van der Waals surface area contributed by atoms with Gasteiger partial charge in [0.1, 0.15) is 12.1 Å². The fourth-order valence-electron chi connectivity index (χ4n) is 2.87. The molecule has 4 nitrogen and oxygen atoms in total. The van der Waals surface area contributed by atoms with Crippen molar-refractivity contribution in [1.29, 1.82) is 0 Å². The second-order valence-electron chi connectivity index (χ2n) is 5.43. The summed E-state index contributed by atoms with van der Waals surface area (Å²) in [5.74, 6) is 1.07. The summed E-state index contributed by atoms with van der Waals surface area (Å²) in [6.45, 7) is 0.814. The average Bonchev–Trinajstić information content (AvgIpc) is 2.46. The minimum Gasteiger partial charge on any atom is -0.399 e. The third-order valence-electron chi connectivity index (χ3n) is 3.83. The van der Waals surface area contributed by atoms with Gasteiger partial charge in [-0.2, -0.15) is 0 Å². The van der Waals surface area contributed by atoms with E-state index in [1.54, 1.807) is 6.33 Å². The highest BCUT2D eigenvalue weighted by Gasteiger charge is 2.17. The van der Waals surface area contributed by atoms with Crippen molar-refractivity contribution in [3.8, 4) is 0 Å². The Labute approximate surface area is 119 Å². The molecule has 0 saturated heterocycles. The van der Waals surface area contributed by atoms with Crippen LogP contribution in [0.15, 0.2) is 30.6 Å². The Morgan fingerprint density at radius 1 is 1.20 bits per heavy atom. The molecule has 0 spiro atoms. The first-order valence-corrected chi connectivity index (χ1v) is 7.12. The minimum atomic E-state index is 0.806. The average molecular weight is 268 g/mol. The lowest BCUT2D eigenvalue weighted by Crippen LogP contribution is -2.22. The summed E-state index contributed by atoms with van der Waals surface area (Å²) >= 11 is 0. The van der Waals surface area contributed by atoms with Gasteiger partial charge in [-0.1, -0.05) is 12.1 Å². The molecule has 0 unspecified atom stereocenters. The van der Waals surface area contributed by atoms with E-state index in [9.17, 15) is 0 Å². The molecule has 3 rings (SSSR count). The quantitative estimate of drug-likeness (QED) is 0.869. The Hall–Kier alpha value is -2.10. The molecule has 0 fully saturated rings. The maximum absolute atomic E-state index is 5.84. The Morgan fingerprint density at radius 3 is 2.90 bits per heavy atom. The van der Waals surface area contributed by atoms with Crippen LogP contribution in [0.2, 0.25) is 0 Å². The number of aryl methyl sites for hydroxylation is 1. The van der Waals surface area contributed by atoms with Gasteiger partial charge in [0, 0.05) is 30.5 Å². The van der Waals surface area contributed by atoms with Crippen molar-refractivity contribution in [2.24, 2.45) is 0 Å². The standard InChI is InChI=1S/C16H20N4/c1-20(10-12-5-4-6-13(17)9-12)16-14-7-2-3-8-15(14)18-11-19-16/h4-6,9,11H,2-3,7-8,10,17H2,1H3. The third kappa shape index (κ3) is 2.59. The molecule has 1 aromatic carbocycles. The number of anilines is 2. The summed E-state index contributed by atoms with van der Waals surface area (Å²) in [6.07, 6.45) is 6.33. The zero-order valence-electron chi connectivity index (χ0n) is 11.8. The lowest BCUT2D eigenvalue weighted by molar-refractivity contribution is 0.658. The number of benzene rings is 1. The Bertz CT molecular complexity index is 609. The molecule has 0 atom stereocenters. The van der Waals surface area contributed by atoms with E-state index in [-0.39, 0.29) is 0 Å². The highest BCUT2D eigenvalue weighted by molar-refractivity contribution is 5.50. The number of nitrogens with zero attached hydrogens (tertiary/aromatic N) is 3. The van der Waals surface area contributed by atoms with Crippen LogP contribution in [0.25, 0.3) is 0 Å². The summed E-state index contributed by atoms with van der Waals surface area (Å²) in [5.41, 5.74) is 10.4. The van der Waals surface area contributed by atoms with Gasteiger partial charge in [-0.05, 0) is 43.4 Å². The molecule has 0 saturated carbocycles. The second kappa shape index (κ2) is 5.49. The first-order valence-electron chi connectivity index (χ1n) is 7.12. The normalized spacial score (nSPS) is 13.8. The zero-order chi connectivity index (χ0) is 13.9. The summed E-state index contributed by atoms with van der Waals surface area (Å²) in [6, 6.07) is 8.02. The summed E-state index contributed by atoms with van der Waals surface area (Å²) in [4.78, 5) is 11.1. The van der Waals surface area contributed by atoms with Crippen LogP contribution in [-0.4, -0.2) is 17.0 Å². The topological polar surface area (TPSA) is 55.0 Å². The first-order chi connectivity index (χ1) is 9.74. The monoisotopic (exact) mass is 268 g/mol. The SMILES string of the molecule is CN(Cc1cccc(N)c1)c1ncnc2c1CCCC2. The van der Waals surface area contributed by atoms with Gasteiger partial charge in [0.2, 0.25) is 0 Å². The molecule has 4 heteroatoms. The van der Waals surface area contributed by atoms with E-state index in [0.29, 0.717) is 0 Å². The molecule has 0 bridgehead atoms. The number of nitrogens with two attached hydrogens (primary N) is 1. The predicted octanol–water partition coefficient (Wildman–Crippen LogP) is 2.57. The summed E-state index contributed by atoms with van der Waals surface area (Å²) in [5, 5.41) is 0. The fraction of sp³-hybridized carbons (Fsp3) is 0.375. The van der Waals surface area contributed by atoms with Gasteiger partial charge >= 0.3 is 0 Å². The Kier molecular flexibility index (Phi) is 3.54. The van der Waals surface area contributed by atoms with E-state index in [4.69, 9.17) is 5.73 Å². The molecule has 1 heterocycles. The van der Waals surface area contributed by atoms with Crippen molar-refractivity contribution < 1.29 is 0 Å². The van der Waals surface area contributed by atoms with Crippen molar-refractivity contribution >= 4 is 11.5 Å². The highest BCUT2D eigenvalue weighted by Crippen LogP contribution is 2.27. The molecule has 0 aliphatic heterocycles. The number of fused-ring (bicyclic) bond motifs is 1. The van der Waals surface area contributed by atoms with Crippen LogP contribution in [0.5, 0.6) is 0 Å². The number of hydrogen-bond acceptors (Lipinski definition) is 4. The number of rotatable bonds is 3. The van der Waals surface area contributed by atoms with Crippen LogP contribution < -0.4 is 10.6 Å². The van der Waals surface area contributed by atoms with Gasteiger partial charge in [0.25, 0.3) is 0 Å². The maximum Gasteiger partial charge on any atom is 0.135 e. The largest absolute Gasteiger partial charge is 0.399 e. The van der Waals surface area contributed by atoms with E-state index < -0.39 is 0 Å². The fourth-order valence-corrected chi connectivity index (χ4v) is 2.87. The molecule has 20 heavy (non-hydrogen) atoms. The van der Waals surface area contributed by atoms with Crippen molar-refractivity contribution in [2.45, 2.75) is 32.2 Å². The molecule has 0 amide bonds. The van der Waals surface area contributed by atoms with Crippen LogP contribution >= 0.6 is 0 Å². The Morgan fingerprint density at radius 2 is 2.05 bits per heavy atom. The van der Waals surface area contributed by atoms with Crippen LogP contribution in [0, 0.1) is 0 Å². The van der Waals surface area contributed by atoms with E-state index >= 15 is 0 Å². The van der Waals surface area contributed by atoms with Crippen LogP contribution in [0.4, 0.5) is 11.5 Å². The lowest BCUT2D eigenvalue weighted by atomic mass is 9.96. The molecule has 1 aromatic heterocycles. The van der Waals surface area contributed by atoms with E-state index in [1.165, 1.54) is 29.7 Å². The zero-order valence-corrected chi connectivity index (χ0v) is 11.8. The molecule has 0 radical (unpaired) electrons. The van der Waals surface area contributed by atoms with Gasteiger partial charge in [0.05, 0.1) is 0 Å². The highest BCUT2D eigenvalue weighted by atomic mass is 15.2. The number of nitrogen functional groups attached to an aromatic ring is 1. The van der Waals surface area contributed by atoms with Gasteiger partial charge in [-0.25, -0.2) is 9.97 Å². The lowest BCUT2D eigenvalue weighted by Gasteiger charge is -2.24. The van der Waals surface area contributed by atoms with Crippen LogP contribution in [0.3, 0.4) is 0 Å². The van der Waals surface area contributed by atoms with Crippen molar-refractivity contribution in [3.05, 3.63) is 47.4 Å². The first kappa shape index (κ1) is 12.9. The summed E-state index contributed by atoms with van der Waals surface area (Å²) in [7, 11) is 2.08. The van der Waals surface area contributed by atoms with E-state index in [2.05, 4.69) is 28.0 Å². The van der Waals surface area contributed by atoms with Gasteiger partial charge in [0.15, 0.2) is 0 Å². The van der Waals surface area contributed by atoms with Gasteiger partial charge < -0.3 is 10.6 Å². The Balaban J connectivity index is 1.85. The molecule has 2 N–H and O–H groups in total. The van der Waals surface area contributed by atoms with Crippen LogP contribution in [-0.2, 0) is 19.4 Å². The van der Waals surface area contributed by atoms with Crippen molar-refractivity contribution in [2.75, 3.05) is 17.7 Å². The molecule has 104 valence electrons. The van der Waals surface area contributed by atoms with Gasteiger partial charge in [-0.3, -0.25) is 0 Å². The smallest absolute Gasteiger partial charge is 0.135 e. The molecular weight excluding hydrogens is 248 g/mol. The van der Waals surface area contributed by atoms with Crippen molar-refractivity contribution in [1.82, 2.24) is 9.97 Å². The third-order valence-corrected chi connectivity index (χ3v) is 3.83. The second-order valence-corrected chi connectivity index (χ2v) is 5.43. The minimum absolute atomic E-state index is 0.806. The van der Waals surface area contributed by atoms with E-state index in [1.807, 2.05) is 18.2 Å². The van der Waals surface area contributed by atoms with Gasteiger partial charge in [-0.15, -0.1) is 0 Å².